The topological polar surface area (TPSA) is 104 Å². The number of nitrogens with one attached hydrogen (secondary N) is 1. The molecule has 6 nitrogen and oxygen atoms in total. The molecule has 0 fully saturated rings. The number of hydrogen-bond acceptors (Lipinski definition) is 4. The Balaban J connectivity index is 4.14. The van der Waals surface area contributed by atoms with Crippen LogP contribution in [-0.2, 0) is 14.9 Å². The summed E-state index contributed by atoms with van der Waals surface area (Å²) in [5.74, 6) is -1.10. The largest absolute Gasteiger partial charge is 0.387 e. The molecular formula is C39H61NO5S. The molecule has 0 aromatic carbocycles. The Hall–Kier alpha value is -3.00. The summed E-state index contributed by atoms with van der Waals surface area (Å²) in [5, 5.41) is 13.0. The van der Waals surface area contributed by atoms with E-state index in [9.17, 15) is 22.9 Å². The van der Waals surface area contributed by atoms with E-state index in [2.05, 4.69) is 110 Å². The number of amides is 1. The van der Waals surface area contributed by atoms with Gasteiger partial charge in [-0.2, -0.15) is 8.42 Å². The van der Waals surface area contributed by atoms with Gasteiger partial charge >= 0.3 is 0 Å². The first-order valence-electron chi connectivity index (χ1n) is 17.1. The Bertz CT molecular complexity index is 1120. The monoisotopic (exact) mass is 655 g/mol. The van der Waals surface area contributed by atoms with Gasteiger partial charge in [-0.05, 0) is 77.0 Å². The van der Waals surface area contributed by atoms with Crippen LogP contribution in [0.4, 0.5) is 0 Å². The van der Waals surface area contributed by atoms with Crippen molar-refractivity contribution in [3.05, 3.63) is 109 Å². The summed E-state index contributed by atoms with van der Waals surface area (Å²) < 4.78 is 32.1. The normalized spacial score (nSPS) is 14.8. The van der Waals surface area contributed by atoms with E-state index in [0.29, 0.717) is 19.3 Å². The summed E-state index contributed by atoms with van der Waals surface area (Å²) in [6.07, 6.45) is 49.5. The van der Waals surface area contributed by atoms with E-state index in [0.717, 1.165) is 70.6 Å². The third kappa shape index (κ3) is 32.4. The first-order chi connectivity index (χ1) is 22.3. The molecule has 0 saturated carbocycles. The predicted octanol–water partition coefficient (Wildman–Crippen LogP) is 9.62. The maximum Gasteiger partial charge on any atom is 0.267 e. The lowest BCUT2D eigenvalue weighted by Crippen LogP contribution is -2.46. The predicted molar refractivity (Wildman–Crippen MR) is 197 cm³/mol. The summed E-state index contributed by atoms with van der Waals surface area (Å²) >= 11 is 0. The van der Waals surface area contributed by atoms with Crippen LogP contribution in [0.5, 0.6) is 0 Å². The van der Waals surface area contributed by atoms with Gasteiger partial charge in [0, 0.05) is 6.42 Å². The Labute approximate surface area is 281 Å². The molecule has 0 aliphatic heterocycles. The van der Waals surface area contributed by atoms with Crippen LogP contribution in [0.25, 0.3) is 0 Å². The molecule has 0 aromatic heterocycles. The second kappa shape index (κ2) is 32.0. The summed E-state index contributed by atoms with van der Waals surface area (Å²) in [6.45, 7) is 4.29. The molecule has 0 rings (SSSR count). The molecule has 1 amide bonds. The van der Waals surface area contributed by atoms with Crippen LogP contribution in [0.2, 0.25) is 0 Å². The van der Waals surface area contributed by atoms with Gasteiger partial charge in [-0.25, -0.2) is 0 Å². The van der Waals surface area contributed by atoms with Crippen molar-refractivity contribution in [3.8, 4) is 0 Å². The van der Waals surface area contributed by atoms with Crippen molar-refractivity contribution in [1.29, 1.82) is 0 Å². The van der Waals surface area contributed by atoms with E-state index in [4.69, 9.17) is 0 Å². The van der Waals surface area contributed by atoms with Crippen LogP contribution in [0.3, 0.4) is 0 Å². The number of rotatable bonds is 28. The highest BCUT2D eigenvalue weighted by molar-refractivity contribution is 7.85. The van der Waals surface area contributed by atoms with Crippen LogP contribution < -0.4 is 5.32 Å². The van der Waals surface area contributed by atoms with E-state index < -0.39 is 28.0 Å². The molecule has 0 heterocycles. The Morgan fingerprint density at radius 3 is 1.50 bits per heavy atom. The number of hydrogen-bond donors (Lipinski definition) is 3. The number of aliphatic hydroxyl groups excluding tert-OH is 1. The average Bonchev–Trinajstić information content (AvgIpc) is 3.01. The molecule has 2 atom stereocenters. The fraction of sp³-hybridized carbons (Fsp3) is 0.513. The van der Waals surface area contributed by atoms with Gasteiger partial charge in [0.15, 0.2) is 0 Å². The maximum atomic E-state index is 12.4. The molecule has 0 bridgehead atoms. The Kier molecular flexibility index (Phi) is 29.9. The number of carbonyl (C=O) groups is 1. The van der Waals surface area contributed by atoms with Gasteiger partial charge in [-0.1, -0.05) is 136 Å². The Morgan fingerprint density at radius 1 is 0.609 bits per heavy atom. The number of unbranched alkanes of at least 4 members (excludes halogenated alkanes) is 4. The lowest BCUT2D eigenvalue weighted by molar-refractivity contribution is -0.122. The van der Waals surface area contributed by atoms with Crippen molar-refractivity contribution >= 4 is 16.0 Å². The standard InChI is InChI=1S/C39H61NO5S/c1-3-5-7-9-11-13-14-15-16-17-18-19-20-21-22-23-24-25-26-27-29-31-33-35-39(42)40-37(36-46(43,44)45)38(41)34-32-30-28-12-10-8-6-4-2/h5,7,10-13,15-16,18-19,21-22,24-25,27,29,32,34,37-38,41H,3-4,6,8-9,14,17,20,23,26,28,30-31,33,35-36H2,1-2H3,(H,40,42)(H,43,44,45)/b7-5-,12-10+,13-11-,16-15-,19-18-,22-21-,25-24-,29-27-,34-32+. The van der Waals surface area contributed by atoms with Crippen molar-refractivity contribution in [2.75, 3.05) is 5.75 Å². The van der Waals surface area contributed by atoms with E-state index in [1.54, 1.807) is 6.08 Å². The molecular weight excluding hydrogens is 594 g/mol. The highest BCUT2D eigenvalue weighted by Crippen LogP contribution is 2.06. The molecule has 46 heavy (non-hydrogen) atoms. The SMILES string of the molecule is CC/C=C\C/C=C\C/C=C\C/C=C\C/C=C\C/C=C\C/C=C\CCCC(=O)NC(CS(=O)(=O)O)C(O)/C=C/CC/C=C/CCCC. The van der Waals surface area contributed by atoms with Crippen LogP contribution in [-0.4, -0.2) is 41.9 Å². The van der Waals surface area contributed by atoms with Crippen molar-refractivity contribution in [1.82, 2.24) is 5.32 Å². The number of carbonyl (C=O) groups excluding carboxylic acids is 1. The van der Waals surface area contributed by atoms with Gasteiger partial charge in [0.05, 0.1) is 17.9 Å². The second-order valence-electron chi connectivity index (χ2n) is 11.0. The third-order valence-corrected chi connectivity index (χ3v) is 7.46. The maximum absolute atomic E-state index is 12.4. The van der Waals surface area contributed by atoms with E-state index in [1.807, 2.05) is 6.08 Å². The first kappa shape index (κ1) is 43.0. The minimum absolute atomic E-state index is 0.200. The molecule has 0 aliphatic carbocycles. The average molecular weight is 656 g/mol. The summed E-state index contributed by atoms with van der Waals surface area (Å²) in [6, 6.07) is -1.11. The number of allylic oxidation sites excluding steroid dienone is 17. The smallest absolute Gasteiger partial charge is 0.267 e. The number of aliphatic hydroxyl groups is 1. The van der Waals surface area contributed by atoms with Crippen molar-refractivity contribution in [3.63, 3.8) is 0 Å². The molecule has 0 aliphatic rings. The van der Waals surface area contributed by atoms with E-state index >= 15 is 0 Å². The van der Waals surface area contributed by atoms with Crippen molar-refractivity contribution in [2.24, 2.45) is 0 Å². The summed E-state index contributed by atoms with van der Waals surface area (Å²) in [4.78, 5) is 12.4. The van der Waals surface area contributed by atoms with Crippen LogP contribution in [0.1, 0.15) is 110 Å². The highest BCUT2D eigenvalue weighted by atomic mass is 32.2. The van der Waals surface area contributed by atoms with Crippen molar-refractivity contribution < 1.29 is 22.9 Å². The summed E-state index contributed by atoms with van der Waals surface area (Å²) in [7, 11) is -4.37. The lowest BCUT2D eigenvalue weighted by atomic mass is 10.1. The molecule has 0 radical (unpaired) electrons. The third-order valence-electron chi connectivity index (χ3n) is 6.68. The van der Waals surface area contributed by atoms with E-state index in [-0.39, 0.29) is 12.3 Å². The Morgan fingerprint density at radius 2 is 1.02 bits per heavy atom. The van der Waals surface area contributed by atoms with Gasteiger partial charge in [-0.3, -0.25) is 9.35 Å². The molecule has 7 heteroatoms. The van der Waals surface area contributed by atoms with Crippen LogP contribution in [0.15, 0.2) is 109 Å². The van der Waals surface area contributed by atoms with Gasteiger partial charge in [0.2, 0.25) is 5.91 Å². The minimum Gasteiger partial charge on any atom is -0.387 e. The van der Waals surface area contributed by atoms with Gasteiger partial charge in [0.1, 0.15) is 0 Å². The fourth-order valence-corrected chi connectivity index (χ4v) is 4.88. The zero-order chi connectivity index (χ0) is 34.0. The highest BCUT2D eigenvalue weighted by Gasteiger charge is 2.24. The zero-order valence-corrected chi connectivity index (χ0v) is 29.2. The van der Waals surface area contributed by atoms with Crippen LogP contribution in [0, 0.1) is 0 Å². The van der Waals surface area contributed by atoms with E-state index in [1.165, 1.54) is 6.08 Å². The van der Waals surface area contributed by atoms with Gasteiger partial charge in [0.25, 0.3) is 10.1 Å². The fourth-order valence-electron chi connectivity index (χ4n) is 4.14. The lowest BCUT2D eigenvalue weighted by Gasteiger charge is -2.21. The molecule has 0 aromatic rings. The molecule has 2 unspecified atom stereocenters. The van der Waals surface area contributed by atoms with Gasteiger partial charge < -0.3 is 10.4 Å². The first-order valence-corrected chi connectivity index (χ1v) is 18.7. The molecule has 258 valence electrons. The van der Waals surface area contributed by atoms with Crippen LogP contribution >= 0.6 is 0 Å². The van der Waals surface area contributed by atoms with Gasteiger partial charge in [-0.15, -0.1) is 0 Å². The van der Waals surface area contributed by atoms with Crippen molar-refractivity contribution in [2.45, 2.75) is 122 Å². The summed E-state index contributed by atoms with van der Waals surface area (Å²) in [5.41, 5.74) is 0. The minimum atomic E-state index is -4.37. The molecule has 0 spiro atoms. The molecule has 0 saturated heterocycles. The second-order valence-corrected chi connectivity index (χ2v) is 12.5. The molecule has 3 N–H and O–H groups in total. The zero-order valence-electron chi connectivity index (χ0n) is 28.4. The quantitative estimate of drug-likeness (QED) is 0.0442.